The number of carbonyl (C=O) groups is 1. The number of fused-ring (bicyclic) bond motifs is 1. The fourth-order valence-electron chi connectivity index (χ4n) is 2.94. The van der Waals surface area contributed by atoms with Crippen molar-refractivity contribution in [3.8, 4) is 11.5 Å². The summed E-state index contributed by atoms with van der Waals surface area (Å²) in [5.74, 6) is 1.18. The first-order chi connectivity index (χ1) is 13.6. The molecule has 6 heteroatoms. The highest BCUT2D eigenvalue weighted by molar-refractivity contribution is 14.1. The number of hydrogen-bond donors (Lipinski definition) is 1. The average molecular weight is 488 g/mol. The molecule has 0 radical (unpaired) electrons. The van der Waals surface area contributed by atoms with Crippen LogP contribution in [0.2, 0.25) is 0 Å². The lowest BCUT2D eigenvalue weighted by atomic mass is 10.0. The lowest BCUT2D eigenvalue weighted by Crippen LogP contribution is -2.19. The Labute approximate surface area is 177 Å². The molecule has 0 fully saturated rings. The highest BCUT2D eigenvalue weighted by Crippen LogP contribution is 2.33. The fraction of sp³-hybridized carbons (Fsp3) is 0.182. The smallest absolute Gasteiger partial charge is 0.244 e. The van der Waals surface area contributed by atoms with Gasteiger partial charge in [-0.1, -0.05) is 42.5 Å². The molecule has 0 atom stereocenters. The zero-order chi connectivity index (χ0) is 19.9. The Kier molecular flexibility index (Phi) is 6.86. The maximum Gasteiger partial charge on any atom is 0.244 e. The van der Waals surface area contributed by atoms with Gasteiger partial charge in [0.2, 0.25) is 5.91 Å². The van der Waals surface area contributed by atoms with E-state index in [4.69, 9.17) is 9.47 Å². The number of hydrogen-bond acceptors (Lipinski definition) is 4. The maximum absolute atomic E-state index is 12.3. The van der Waals surface area contributed by atoms with Crippen molar-refractivity contribution >= 4 is 45.5 Å². The summed E-state index contributed by atoms with van der Waals surface area (Å²) in [6.45, 7) is 2.49. The lowest BCUT2D eigenvalue weighted by molar-refractivity contribution is -0.120. The number of nitrogens with one attached hydrogen (secondary N) is 1. The van der Waals surface area contributed by atoms with Crippen LogP contribution in [0, 0.1) is 3.57 Å². The number of benzene rings is 3. The van der Waals surface area contributed by atoms with Gasteiger partial charge in [-0.2, -0.15) is 5.10 Å². The molecule has 0 aliphatic rings. The van der Waals surface area contributed by atoms with Crippen molar-refractivity contribution in [2.75, 3.05) is 13.7 Å². The Balaban J connectivity index is 1.69. The lowest BCUT2D eigenvalue weighted by Gasteiger charge is -2.12. The van der Waals surface area contributed by atoms with Gasteiger partial charge in [0, 0.05) is 0 Å². The Morgan fingerprint density at radius 1 is 1.18 bits per heavy atom. The van der Waals surface area contributed by atoms with Crippen molar-refractivity contribution in [1.82, 2.24) is 5.43 Å². The third kappa shape index (κ3) is 4.81. The van der Waals surface area contributed by atoms with Crippen LogP contribution >= 0.6 is 22.6 Å². The average Bonchev–Trinajstić information content (AvgIpc) is 2.70. The second kappa shape index (κ2) is 9.54. The number of carbonyl (C=O) groups excluding carboxylic acids is 1. The number of ether oxygens (including phenoxy) is 2. The van der Waals surface area contributed by atoms with Crippen molar-refractivity contribution < 1.29 is 14.3 Å². The molecule has 0 saturated carbocycles. The van der Waals surface area contributed by atoms with Gasteiger partial charge in [-0.25, -0.2) is 5.43 Å². The number of amides is 1. The monoisotopic (exact) mass is 488 g/mol. The molecular weight excluding hydrogens is 467 g/mol. The van der Waals surface area contributed by atoms with E-state index in [1.165, 1.54) is 0 Å². The van der Waals surface area contributed by atoms with Gasteiger partial charge < -0.3 is 9.47 Å². The van der Waals surface area contributed by atoms with Gasteiger partial charge in [-0.15, -0.1) is 0 Å². The first kappa shape index (κ1) is 20.1. The summed E-state index contributed by atoms with van der Waals surface area (Å²) in [5.41, 5.74) is 4.39. The molecule has 28 heavy (non-hydrogen) atoms. The minimum atomic E-state index is -0.166. The van der Waals surface area contributed by atoms with E-state index in [9.17, 15) is 4.79 Å². The topological polar surface area (TPSA) is 59.9 Å². The minimum absolute atomic E-state index is 0.166. The highest BCUT2D eigenvalue weighted by Gasteiger charge is 2.10. The number of nitrogens with zero attached hydrogens (tertiary/aromatic N) is 1. The van der Waals surface area contributed by atoms with Gasteiger partial charge in [0.25, 0.3) is 0 Å². The second-order valence-electron chi connectivity index (χ2n) is 6.08. The Bertz CT molecular complexity index is 1010. The van der Waals surface area contributed by atoms with E-state index in [1.807, 2.05) is 61.5 Å². The van der Waals surface area contributed by atoms with Gasteiger partial charge in [-0.3, -0.25) is 4.79 Å². The summed E-state index contributed by atoms with van der Waals surface area (Å²) >= 11 is 2.19. The molecule has 0 aliphatic heterocycles. The predicted molar refractivity (Wildman–Crippen MR) is 120 cm³/mol. The van der Waals surface area contributed by atoms with Crippen molar-refractivity contribution in [3.63, 3.8) is 0 Å². The molecule has 0 saturated heterocycles. The fourth-order valence-corrected chi connectivity index (χ4v) is 3.72. The zero-order valence-corrected chi connectivity index (χ0v) is 17.9. The number of rotatable bonds is 7. The van der Waals surface area contributed by atoms with Crippen LogP contribution in [-0.2, 0) is 11.2 Å². The third-order valence-corrected chi connectivity index (χ3v) is 4.98. The molecule has 0 spiro atoms. The van der Waals surface area contributed by atoms with Crippen molar-refractivity contribution in [2.24, 2.45) is 5.10 Å². The van der Waals surface area contributed by atoms with Crippen LogP contribution in [0.5, 0.6) is 11.5 Å². The van der Waals surface area contributed by atoms with E-state index in [2.05, 4.69) is 33.1 Å². The number of hydrazone groups is 1. The molecule has 1 N–H and O–H groups in total. The summed E-state index contributed by atoms with van der Waals surface area (Å²) in [6, 6.07) is 17.7. The molecule has 1 amide bonds. The van der Waals surface area contributed by atoms with Gasteiger partial charge in [0.05, 0.1) is 29.9 Å². The molecule has 3 aromatic carbocycles. The molecule has 0 unspecified atom stereocenters. The maximum atomic E-state index is 12.3. The van der Waals surface area contributed by atoms with Gasteiger partial charge in [0.15, 0.2) is 11.5 Å². The van der Waals surface area contributed by atoms with Crippen molar-refractivity contribution in [1.29, 1.82) is 0 Å². The third-order valence-electron chi connectivity index (χ3n) is 4.17. The highest BCUT2D eigenvalue weighted by atomic mass is 127. The standard InChI is InChI=1S/C22H21IN2O3/c1-3-28-22-19(23)11-15(12-20(22)27-2)14-24-25-21(26)13-17-9-6-8-16-7-4-5-10-18(16)17/h4-12,14H,3,13H2,1-2H3,(H,25,26). The SMILES string of the molecule is CCOc1c(I)cc(C=NNC(=O)Cc2cccc3ccccc23)cc1OC. The van der Waals surface area contributed by atoms with E-state index < -0.39 is 0 Å². The predicted octanol–water partition coefficient (Wildman–Crippen LogP) is 4.54. The molecule has 3 aromatic rings. The minimum Gasteiger partial charge on any atom is -0.493 e. The molecule has 0 aromatic heterocycles. The van der Waals surface area contributed by atoms with Crippen LogP contribution in [0.15, 0.2) is 59.7 Å². The summed E-state index contributed by atoms with van der Waals surface area (Å²) in [6.07, 6.45) is 1.87. The molecular formula is C22H21IN2O3. The summed E-state index contributed by atoms with van der Waals surface area (Å²) in [4.78, 5) is 12.3. The first-order valence-corrected chi connectivity index (χ1v) is 9.99. The van der Waals surface area contributed by atoms with Gasteiger partial charge >= 0.3 is 0 Å². The Morgan fingerprint density at radius 3 is 2.75 bits per heavy atom. The summed E-state index contributed by atoms with van der Waals surface area (Å²) in [7, 11) is 1.60. The largest absolute Gasteiger partial charge is 0.493 e. The van der Waals surface area contributed by atoms with Crippen LogP contribution in [0.4, 0.5) is 0 Å². The molecule has 0 bridgehead atoms. The Hall–Kier alpha value is -2.61. The van der Waals surface area contributed by atoms with Crippen molar-refractivity contribution in [2.45, 2.75) is 13.3 Å². The number of methoxy groups -OCH3 is 1. The summed E-state index contributed by atoms with van der Waals surface area (Å²) < 4.78 is 11.9. The Morgan fingerprint density at radius 2 is 1.96 bits per heavy atom. The molecule has 3 rings (SSSR count). The van der Waals surface area contributed by atoms with Crippen LogP contribution in [0.25, 0.3) is 10.8 Å². The number of halogens is 1. The summed E-state index contributed by atoms with van der Waals surface area (Å²) in [5, 5.41) is 6.28. The first-order valence-electron chi connectivity index (χ1n) is 8.91. The molecule has 0 heterocycles. The van der Waals surface area contributed by atoms with E-state index in [0.717, 1.165) is 25.5 Å². The van der Waals surface area contributed by atoms with Gasteiger partial charge in [0.1, 0.15) is 0 Å². The van der Waals surface area contributed by atoms with E-state index in [0.29, 0.717) is 18.1 Å². The van der Waals surface area contributed by atoms with E-state index >= 15 is 0 Å². The second-order valence-corrected chi connectivity index (χ2v) is 7.24. The van der Waals surface area contributed by atoms with E-state index in [1.54, 1.807) is 13.3 Å². The molecule has 5 nitrogen and oxygen atoms in total. The normalized spacial score (nSPS) is 11.0. The van der Waals surface area contributed by atoms with Crippen LogP contribution in [0.3, 0.4) is 0 Å². The molecule has 0 aliphatic carbocycles. The van der Waals surface area contributed by atoms with Crippen LogP contribution < -0.4 is 14.9 Å². The van der Waals surface area contributed by atoms with Gasteiger partial charge in [-0.05, 0) is 63.5 Å². The zero-order valence-electron chi connectivity index (χ0n) is 15.7. The van der Waals surface area contributed by atoms with E-state index in [-0.39, 0.29) is 12.3 Å². The molecule has 144 valence electrons. The van der Waals surface area contributed by atoms with Crippen molar-refractivity contribution in [3.05, 3.63) is 69.3 Å². The quantitative estimate of drug-likeness (QED) is 0.302. The van der Waals surface area contributed by atoms with Crippen LogP contribution in [-0.4, -0.2) is 25.8 Å². The van der Waals surface area contributed by atoms with Crippen LogP contribution in [0.1, 0.15) is 18.1 Å².